The Balaban J connectivity index is 2.60. The highest BCUT2D eigenvalue weighted by Crippen LogP contribution is 2.30. The summed E-state index contributed by atoms with van der Waals surface area (Å²) in [6.07, 6.45) is 0. The van der Waals surface area contributed by atoms with Crippen molar-refractivity contribution in [2.45, 2.75) is 6.04 Å². The second-order valence-electron chi connectivity index (χ2n) is 4.27. The van der Waals surface area contributed by atoms with Crippen LogP contribution in [0.4, 0.5) is 22.0 Å². The van der Waals surface area contributed by atoms with Gasteiger partial charge in [-0.15, -0.1) is 0 Å². The molecule has 0 radical (unpaired) electrons. The monoisotopic (exact) mass is 321 g/mol. The summed E-state index contributed by atoms with van der Waals surface area (Å²) < 4.78 is 67.4. The molecule has 0 aliphatic carbocycles. The molecule has 0 fully saturated rings. The minimum atomic E-state index is -1.68. The van der Waals surface area contributed by atoms with E-state index in [1.54, 1.807) is 0 Å². The van der Waals surface area contributed by atoms with E-state index in [9.17, 15) is 22.0 Å². The average Bonchev–Trinajstić information content (AvgIpc) is 2.44. The van der Waals surface area contributed by atoms with Gasteiger partial charge >= 0.3 is 0 Å². The Morgan fingerprint density at radius 2 is 1.52 bits per heavy atom. The van der Waals surface area contributed by atoms with Crippen molar-refractivity contribution in [2.75, 3.05) is 7.05 Å². The van der Waals surface area contributed by atoms with Gasteiger partial charge < -0.3 is 5.32 Å². The van der Waals surface area contributed by atoms with E-state index in [1.165, 1.54) is 7.05 Å². The van der Waals surface area contributed by atoms with Crippen LogP contribution in [-0.4, -0.2) is 7.05 Å². The van der Waals surface area contributed by atoms with Crippen LogP contribution >= 0.6 is 11.6 Å². The molecule has 0 saturated carbocycles. The summed E-state index contributed by atoms with van der Waals surface area (Å²) in [5.41, 5.74) is -0.624. The van der Waals surface area contributed by atoms with Crippen molar-refractivity contribution < 1.29 is 22.0 Å². The second kappa shape index (κ2) is 5.99. The van der Waals surface area contributed by atoms with Gasteiger partial charge in [-0.1, -0.05) is 17.7 Å². The lowest BCUT2D eigenvalue weighted by molar-refractivity contribution is 0.433. The van der Waals surface area contributed by atoms with Crippen molar-refractivity contribution in [2.24, 2.45) is 0 Å². The summed E-state index contributed by atoms with van der Waals surface area (Å²) >= 11 is 5.44. The fourth-order valence-electron chi connectivity index (χ4n) is 2.00. The lowest BCUT2D eigenvalue weighted by atomic mass is 9.97. The maximum Gasteiger partial charge on any atom is 0.194 e. The largest absolute Gasteiger partial charge is 0.309 e. The molecule has 1 nitrogen and oxygen atoms in total. The van der Waals surface area contributed by atoms with Crippen molar-refractivity contribution in [1.29, 1.82) is 0 Å². The van der Waals surface area contributed by atoms with E-state index in [4.69, 9.17) is 11.6 Å². The summed E-state index contributed by atoms with van der Waals surface area (Å²) in [5.74, 6) is -6.32. The van der Waals surface area contributed by atoms with E-state index < -0.39 is 40.2 Å². The average molecular weight is 322 g/mol. The predicted octanol–water partition coefficient (Wildman–Crippen LogP) is 4.34. The first kappa shape index (κ1) is 15.7. The van der Waals surface area contributed by atoms with Gasteiger partial charge in [0.1, 0.15) is 11.6 Å². The van der Waals surface area contributed by atoms with Crippen molar-refractivity contribution in [1.82, 2.24) is 5.32 Å². The van der Waals surface area contributed by atoms with Gasteiger partial charge in [-0.2, -0.15) is 0 Å². The third-order valence-corrected chi connectivity index (χ3v) is 3.30. The fourth-order valence-corrected chi connectivity index (χ4v) is 2.15. The number of hydrogen-bond acceptors (Lipinski definition) is 1. The molecule has 2 rings (SSSR count). The molecule has 0 aliphatic heterocycles. The summed E-state index contributed by atoms with van der Waals surface area (Å²) in [4.78, 5) is 0. The van der Waals surface area contributed by atoms with Gasteiger partial charge in [0.15, 0.2) is 17.5 Å². The molecule has 21 heavy (non-hydrogen) atoms. The lowest BCUT2D eigenvalue weighted by Crippen LogP contribution is -2.21. The first-order valence-electron chi connectivity index (χ1n) is 5.82. The van der Waals surface area contributed by atoms with Crippen LogP contribution in [0.15, 0.2) is 24.3 Å². The minimum Gasteiger partial charge on any atom is -0.309 e. The molecule has 0 saturated heterocycles. The first-order chi connectivity index (χ1) is 9.86. The molecule has 0 heterocycles. The number of rotatable bonds is 3. The van der Waals surface area contributed by atoms with Crippen molar-refractivity contribution >= 4 is 11.6 Å². The van der Waals surface area contributed by atoms with Gasteiger partial charge in [0.05, 0.1) is 11.1 Å². The van der Waals surface area contributed by atoms with E-state index >= 15 is 0 Å². The van der Waals surface area contributed by atoms with Crippen molar-refractivity contribution in [3.05, 3.63) is 69.5 Å². The van der Waals surface area contributed by atoms with E-state index in [0.29, 0.717) is 6.07 Å². The fraction of sp³-hybridized carbons (Fsp3) is 0.143. The number of benzene rings is 2. The highest BCUT2D eigenvalue weighted by atomic mass is 35.5. The van der Waals surface area contributed by atoms with Crippen LogP contribution in [0.5, 0.6) is 0 Å². The zero-order chi connectivity index (χ0) is 15.7. The molecule has 1 unspecified atom stereocenters. The third kappa shape index (κ3) is 2.87. The van der Waals surface area contributed by atoms with E-state index in [1.807, 2.05) is 0 Å². The standard InChI is InChI=1S/C14H9ClF5N/c1-21-14(6-2-3-9(16)13(20)12(6)19)7-4-11(18)8(15)5-10(7)17/h2-5,14,21H,1H3. The van der Waals surface area contributed by atoms with Crippen LogP contribution in [0.1, 0.15) is 17.2 Å². The Morgan fingerprint density at radius 3 is 2.14 bits per heavy atom. The minimum absolute atomic E-state index is 0.274. The molecule has 0 bridgehead atoms. The summed E-state index contributed by atoms with van der Waals surface area (Å²) in [6.45, 7) is 0. The maximum absolute atomic E-state index is 13.9. The van der Waals surface area contributed by atoms with Gasteiger partial charge in [0.2, 0.25) is 0 Å². The number of nitrogens with one attached hydrogen (secondary N) is 1. The molecule has 7 heteroatoms. The van der Waals surface area contributed by atoms with E-state index in [0.717, 1.165) is 18.2 Å². The lowest BCUT2D eigenvalue weighted by Gasteiger charge is -2.19. The summed E-state index contributed by atoms with van der Waals surface area (Å²) in [6, 6.07) is 1.98. The SMILES string of the molecule is CNC(c1cc(F)c(Cl)cc1F)c1ccc(F)c(F)c1F. The molecule has 1 atom stereocenters. The first-order valence-corrected chi connectivity index (χ1v) is 6.19. The quantitative estimate of drug-likeness (QED) is 0.503. The number of hydrogen-bond donors (Lipinski definition) is 1. The van der Waals surface area contributed by atoms with Crippen LogP contribution in [0, 0.1) is 29.1 Å². The molecular weight excluding hydrogens is 313 g/mol. The smallest absolute Gasteiger partial charge is 0.194 e. The predicted molar refractivity (Wildman–Crippen MR) is 68.6 cm³/mol. The zero-order valence-corrected chi connectivity index (χ0v) is 11.4. The maximum atomic E-state index is 13.9. The molecule has 1 N–H and O–H groups in total. The Kier molecular flexibility index (Phi) is 4.49. The van der Waals surface area contributed by atoms with Gasteiger partial charge in [0, 0.05) is 11.1 Å². The molecule has 0 aliphatic rings. The Hall–Kier alpha value is -1.66. The molecule has 0 aromatic heterocycles. The zero-order valence-electron chi connectivity index (χ0n) is 10.7. The Morgan fingerprint density at radius 1 is 0.857 bits per heavy atom. The Bertz CT molecular complexity index is 688. The molecule has 0 amide bonds. The van der Waals surface area contributed by atoms with Gasteiger partial charge in [-0.3, -0.25) is 0 Å². The molecule has 0 spiro atoms. The molecule has 2 aromatic rings. The van der Waals surface area contributed by atoms with Gasteiger partial charge in [0.25, 0.3) is 0 Å². The third-order valence-electron chi connectivity index (χ3n) is 3.02. The second-order valence-corrected chi connectivity index (χ2v) is 4.68. The highest BCUT2D eigenvalue weighted by molar-refractivity contribution is 6.30. The molecule has 2 aromatic carbocycles. The molecule has 112 valence electrons. The Labute approximate surface area is 122 Å². The topological polar surface area (TPSA) is 12.0 Å². The summed E-state index contributed by atoms with van der Waals surface area (Å²) in [5, 5.41) is 2.10. The van der Waals surface area contributed by atoms with Crippen molar-refractivity contribution in [3.63, 3.8) is 0 Å². The number of halogens is 6. The normalized spacial score (nSPS) is 12.5. The van der Waals surface area contributed by atoms with Crippen molar-refractivity contribution in [3.8, 4) is 0 Å². The van der Waals surface area contributed by atoms with Crippen LogP contribution in [0.2, 0.25) is 5.02 Å². The van der Waals surface area contributed by atoms with Crippen LogP contribution < -0.4 is 5.32 Å². The van der Waals surface area contributed by atoms with E-state index in [-0.39, 0.29) is 11.1 Å². The van der Waals surface area contributed by atoms with E-state index in [2.05, 4.69) is 5.32 Å². The van der Waals surface area contributed by atoms with Crippen LogP contribution in [0.25, 0.3) is 0 Å². The molecular formula is C14H9ClF5N. The highest BCUT2D eigenvalue weighted by Gasteiger charge is 2.24. The summed E-state index contributed by atoms with van der Waals surface area (Å²) in [7, 11) is 1.34. The van der Waals surface area contributed by atoms with Gasteiger partial charge in [-0.05, 0) is 25.2 Å². The van der Waals surface area contributed by atoms with Crippen LogP contribution in [0.3, 0.4) is 0 Å². The van der Waals surface area contributed by atoms with Gasteiger partial charge in [-0.25, -0.2) is 22.0 Å². The van der Waals surface area contributed by atoms with Crippen LogP contribution in [-0.2, 0) is 0 Å².